The van der Waals surface area contributed by atoms with E-state index in [1.165, 1.54) is 32.1 Å². The smallest absolute Gasteiger partial charge is 0.228 e. The number of carbonyl (C=O) groups excluding carboxylic acids is 1. The van der Waals surface area contributed by atoms with Crippen molar-refractivity contribution < 1.29 is 14.6 Å². The van der Waals surface area contributed by atoms with Crippen LogP contribution in [0.2, 0.25) is 0 Å². The maximum Gasteiger partial charge on any atom is 0.228 e. The normalized spacial score (nSPS) is 55.0. The molecule has 4 heteroatoms. The summed E-state index contributed by atoms with van der Waals surface area (Å²) in [6.07, 6.45) is 6.84. The van der Waals surface area contributed by atoms with Crippen molar-refractivity contribution in [2.75, 3.05) is 6.54 Å². The highest BCUT2D eigenvalue weighted by atomic mass is 16.6. The summed E-state index contributed by atoms with van der Waals surface area (Å²) in [5, 5.41) is 10.5. The molecule has 0 aromatic carbocycles. The number of nitrogens with zero attached hydrogens (tertiary/aromatic N) is 1. The first-order valence-electron chi connectivity index (χ1n) is 8.87. The van der Waals surface area contributed by atoms with E-state index in [-0.39, 0.29) is 29.6 Å². The first kappa shape index (κ1) is 12.9. The maximum atomic E-state index is 13.0. The first-order valence-corrected chi connectivity index (χ1v) is 8.87. The Morgan fingerprint density at radius 3 is 2.76 bits per heavy atom. The second kappa shape index (κ2) is 4.02. The van der Waals surface area contributed by atoms with Gasteiger partial charge in [-0.25, -0.2) is 0 Å². The number of hydrogen-bond donors (Lipinski definition) is 1. The molecular formula is C17H25NO3. The molecule has 1 N–H and O–H groups in total. The van der Waals surface area contributed by atoms with Gasteiger partial charge in [-0.3, -0.25) is 4.79 Å². The Kier molecular flexibility index (Phi) is 2.47. The summed E-state index contributed by atoms with van der Waals surface area (Å²) in [6.45, 7) is 2.84. The van der Waals surface area contributed by atoms with Crippen LogP contribution in [0.1, 0.15) is 45.4 Å². The number of likely N-dealkylation sites (tertiary alicyclic amines) is 1. The number of hydrogen-bond acceptors (Lipinski definition) is 3. The van der Waals surface area contributed by atoms with E-state index < -0.39 is 6.10 Å². The van der Waals surface area contributed by atoms with Crippen LogP contribution in [0, 0.1) is 29.6 Å². The molecule has 5 fully saturated rings. The highest BCUT2D eigenvalue weighted by molar-refractivity contribution is 5.84. The van der Waals surface area contributed by atoms with Gasteiger partial charge in [-0.1, -0.05) is 19.3 Å². The Morgan fingerprint density at radius 2 is 2.05 bits per heavy atom. The molecule has 7 atom stereocenters. The quantitative estimate of drug-likeness (QED) is 0.843. The number of ether oxygens (including phenoxy) is 1. The molecule has 21 heavy (non-hydrogen) atoms. The minimum Gasteiger partial charge on any atom is -0.390 e. The molecule has 1 amide bonds. The van der Waals surface area contributed by atoms with Crippen molar-refractivity contribution in [2.45, 2.75) is 63.4 Å². The van der Waals surface area contributed by atoms with E-state index in [1.807, 2.05) is 0 Å². The fourth-order valence-corrected chi connectivity index (χ4v) is 6.79. The van der Waals surface area contributed by atoms with Crippen molar-refractivity contribution in [3.8, 4) is 0 Å². The van der Waals surface area contributed by atoms with Crippen molar-refractivity contribution in [1.82, 2.24) is 4.90 Å². The standard InChI is InChI=1S/C17H25NO3/c1-2-18-16(20)12-10-8-11-13(12)17(18,21-15(11)14(10)19)9-6-4-3-5-7-9/h9-15,19H,2-8H2,1H3. The molecule has 0 spiro atoms. The second-order valence-corrected chi connectivity index (χ2v) is 7.86. The van der Waals surface area contributed by atoms with Gasteiger partial charge in [-0.15, -0.1) is 0 Å². The van der Waals surface area contributed by atoms with Crippen LogP contribution < -0.4 is 0 Å². The summed E-state index contributed by atoms with van der Waals surface area (Å²) in [4.78, 5) is 15.0. The third-order valence-corrected chi connectivity index (χ3v) is 7.33. The average molecular weight is 291 g/mol. The lowest BCUT2D eigenvalue weighted by atomic mass is 9.70. The summed E-state index contributed by atoms with van der Waals surface area (Å²) in [5.74, 6) is 1.77. The summed E-state index contributed by atoms with van der Waals surface area (Å²) in [5.41, 5.74) is -0.363. The maximum absolute atomic E-state index is 13.0. The summed E-state index contributed by atoms with van der Waals surface area (Å²) >= 11 is 0. The molecule has 0 aromatic heterocycles. The number of rotatable bonds is 2. The molecule has 7 unspecified atom stereocenters. The minimum atomic E-state index is -0.398. The Balaban J connectivity index is 1.63. The Bertz CT molecular complexity index is 488. The van der Waals surface area contributed by atoms with Gasteiger partial charge in [0, 0.05) is 18.4 Å². The van der Waals surface area contributed by atoms with Gasteiger partial charge in [0.05, 0.1) is 18.1 Å². The van der Waals surface area contributed by atoms with Crippen LogP contribution >= 0.6 is 0 Å². The van der Waals surface area contributed by atoms with Gasteiger partial charge in [0.2, 0.25) is 5.91 Å². The van der Waals surface area contributed by atoms with E-state index in [2.05, 4.69) is 11.8 Å². The van der Waals surface area contributed by atoms with Gasteiger partial charge in [0.15, 0.2) is 5.72 Å². The largest absolute Gasteiger partial charge is 0.390 e. The van der Waals surface area contributed by atoms with Gasteiger partial charge in [-0.05, 0) is 38.0 Å². The first-order chi connectivity index (χ1) is 10.2. The average Bonchev–Trinajstić information content (AvgIpc) is 3.16. The second-order valence-electron chi connectivity index (χ2n) is 7.86. The van der Waals surface area contributed by atoms with E-state index in [9.17, 15) is 9.90 Å². The zero-order valence-corrected chi connectivity index (χ0v) is 12.7. The molecule has 3 saturated carbocycles. The van der Waals surface area contributed by atoms with Crippen molar-refractivity contribution in [3.05, 3.63) is 0 Å². The van der Waals surface area contributed by atoms with Crippen molar-refractivity contribution >= 4 is 5.91 Å². The summed E-state index contributed by atoms with van der Waals surface area (Å²) in [6, 6.07) is 0. The summed E-state index contributed by atoms with van der Waals surface area (Å²) < 4.78 is 6.60. The lowest BCUT2D eigenvalue weighted by molar-refractivity contribution is -0.200. The third kappa shape index (κ3) is 1.25. The predicted octanol–water partition coefficient (Wildman–Crippen LogP) is 1.77. The predicted molar refractivity (Wildman–Crippen MR) is 76.1 cm³/mol. The Hall–Kier alpha value is -0.610. The van der Waals surface area contributed by atoms with Crippen molar-refractivity contribution in [2.24, 2.45) is 29.6 Å². The van der Waals surface area contributed by atoms with Gasteiger partial charge >= 0.3 is 0 Å². The van der Waals surface area contributed by atoms with Crippen molar-refractivity contribution in [1.29, 1.82) is 0 Å². The van der Waals surface area contributed by atoms with Crippen LogP contribution in [0.3, 0.4) is 0 Å². The highest BCUT2D eigenvalue weighted by Crippen LogP contribution is 2.70. The van der Waals surface area contributed by atoms with Gasteiger partial charge in [0.1, 0.15) is 0 Å². The van der Waals surface area contributed by atoms with Crippen LogP contribution in [0.25, 0.3) is 0 Å². The number of carbonyl (C=O) groups is 1. The molecule has 2 heterocycles. The van der Waals surface area contributed by atoms with Gasteiger partial charge in [-0.2, -0.15) is 0 Å². The van der Waals surface area contributed by atoms with Crippen LogP contribution in [0.15, 0.2) is 0 Å². The molecule has 4 nitrogen and oxygen atoms in total. The van der Waals surface area contributed by atoms with E-state index in [1.54, 1.807) is 0 Å². The fraction of sp³-hybridized carbons (Fsp3) is 0.941. The fourth-order valence-electron chi connectivity index (χ4n) is 6.79. The van der Waals surface area contributed by atoms with E-state index >= 15 is 0 Å². The number of fused-ring (bicyclic) bond motifs is 2. The van der Waals surface area contributed by atoms with E-state index in [0.717, 1.165) is 13.0 Å². The van der Waals surface area contributed by atoms with Crippen LogP contribution in [-0.2, 0) is 9.53 Å². The van der Waals surface area contributed by atoms with Crippen LogP contribution in [-0.4, -0.2) is 40.4 Å². The molecule has 0 radical (unpaired) electrons. The molecule has 5 rings (SSSR count). The highest BCUT2D eigenvalue weighted by Gasteiger charge is 2.79. The molecular weight excluding hydrogens is 266 g/mol. The van der Waals surface area contributed by atoms with Gasteiger partial charge in [0.25, 0.3) is 0 Å². The monoisotopic (exact) mass is 291 g/mol. The molecule has 2 aliphatic heterocycles. The Morgan fingerprint density at radius 1 is 1.29 bits per heavy atom. The lowest BCUT2D eigenvalue weighted by Gasteiger charge is -2.45. The third-order valence-electron chi connectivity index (χ3n) is 7.33. The lowest BCUT2D eigenvalue weighted by Crippen LogP contribution is -2.55. The topological polar surface area (TPSA) is 49.8 Å². The molecule has 116 valence electrons. The Labute approximate surface area is 125 Å². The number of aliphatic hydroxyl groups is 1. The molecule has 2 saturated heterocycles. The molecule has 5 aliphatic rings. The zero-order valence-electron chi connectivity index (χ0n) is 12.7. The van der Waals surface area contributed by atoms with E-state index in [4.69, 9.17) is 4.74 Å². The van der Waals surface area contributed by atoms with Crippen LogP contribution in [0.5, 0.6) is 0 Å². The molecule has 2 bridgehead atoms. The molecule has 0 aromatic rings. The van der Waals surface area contributed by atoms with E-state index in [0.29, 0.717) is 17.8 Å². The van der Waals surface area contributed by atoms with Crippen molar-refractivity contribution in [3.63, 3.8) is 0 Å². The number of amides is 1. The molecule has 3 aliphatic carbocycles. The minimum absolute atomic E-state index is 0.000302. The summed E-state index contributed by atoms with van der Waals surface area (Å²) in [7, 11) is 0. The number of aliphatic hydroxyl groups excluding tert-OH is 1. The zero-order chi connectivity index (χ0) is 14.4. The van der Waals surface area contributed by atoms with Gasteiger partial charge < -0.3 is 14.7 Å². The van der Waals surface area contributed by atoms with Crippen LogP contribution in [0.4, 0.5) is 0 Å². The SMILES string of the molecule is CCN1C(=O)C2C3CC4C(OC1(C1CCCCC1)C42)C3O.